The van der Waals surface area contributed by atoms with Gasteiger partial charge in [-0.05, 0) is 23.6 Å². The fraction of sp³-hybridized carbons (Fsp3) is 0.538. The van der Waals surface area contributed by atoms with Crippen LogP contribution in [0.2, 0.25) is 0 Å². The van der Waals surface area contributed by atoms with Crippen molar-refractivity contribution in [2.75, 3.05) is 25.6 Å². The van der Waals surface area contributed by atoms with E-state index in [-0.39, 0.29) is 19.3 Å². The minimum atomic E-state index is -0.369. The highest BCUT2D eigenvalue weighted by molar-refractivity contribution is 5.59. The van der Waals surface area contributed by atoms with Crippen LogP contribution in [0, 0.1) is 0 Å². The molecule has 1 aromatic rings. The molecule has 0 fully saturated rings. The molecule has 0 saturated heterocycles. The third-order valence-electron chi connectivity index (χ3n) is 2.69. The second-order valence-corrected chi connectivity index (χ2v) is 4.32. The van der Waals surface area contributed by atoms with E-state index in [1.807, 2.05) is 18.2 Å². The predicted octanol–water partition coefficient (Wildman–Crippen LogP) is 1.58. The van der Waals surface area contributed by atoms with Gasteiger partial charge in [-0.2, -0.15) is 0 Å². The summed E-state index contributed by atoms with van der Waals surface area (Å²) in [6.45, 7) is 3.99. The number of rotatable bonds is 6. The molecule has 0 saturated carbocycles. The van der Waals surface area contributed by atoms with Gasteiger partial charge in [-0.1, -0.05) is 19.9 Å². The van der Waals surface area contributed by atoms with E-state index in [4.69, 9.17) is 14.9 Å². The molecule has 0 spiro atoms. The van der Waals surface area contributed by atoms with E-state index in [2.05, 4.69) is 19.2 Å². The van der Waals surface area contributed by atoms with Crippen molar-refractivity contribution in [1.29, 1.82) is 0 Å². The van der Waals surface area contributed by atoms with Crippen LogP contribution < -0.4 is 10.1 Å². The summed E-state index contributed by atoms with van der Waals surface area (Å²) in [5, 5.41) is 21.2. The molecular formula is C13H21NO3. The molecular weight excluding hydrogens is 218 g/mol. The molecule has 0 amide bonds. The molecule has 0 unspecified atom stereocenters. The number of ether oxygens (including phenoxy) is 1. The van der Waals surface area contributed by atoms with Gasteiger partial charge >= 0.3 is 0 Å². The van der Waals surface area contributed by atoms with Crippen molar-refractivity contribution in [2.24, 2.45) is 0 Å². The molecule has 0 atom stereocenters. The van der Waals surface area contributed by atoms with Crippen molar-refractivity contribution in [3.63, 3.8) is 0 Å². The summed E-state index contributed by atoms with van der Waals surface area (Å²) in [4.78, 5) is 0. The highest BCUT2D eigenvalue weighted by Gasteiger charge is 2.11. The normalized spacial score (nSPS) is 11.0. The van der Waals surface area contributed by atoms with E-state index in [0.717, 1.165) is 5.69 Å². The van der Waals surface area contributed by atoms with Gasteiger partial charge in [-0.15, -0.1) is 0 Å². The molecule has 96 valence electrons. The largest absolute Gasteiger partial charge is 0.495 e. The Morgan fingerprint density at radius 3 is 2.35 bits per heavy atom. The first-order chi connectivity index (χ1) is 8.12. The lowest BCUT2D eigenvalue weighted by atomic mass is 10.0. The maximum absolute atomic E-state index is 9.07. The SMILES string of the molecule is COc1ccc(C(C)C)cc1NC(CO)CO. The highest BCUT2D eigenvalue weighted by atomic mass is 16.5. The Morgan fingerprint density at radius 1 is 1.24 bits per heavy atom. The van der Waals surface area contributed by atoms with Crippen molar-refractivity contribution < 1.29 is 14.9 Å². The van der Waals surface area contributed by atoms with Gasteiger partial charge in [0, 0.05) is 0 Å². The van der Waals surface area contributed by atoms with Gasteiger partial charge in [-0.25, -0.2) is 0 Å². The van der Waals surface area contributed by atoms with E-state index < -0.39 is 0 Å². The van der Waals surface area contributed by atoms with E-state index in [9.17, 15) is 0 Å². The zero-order valence-electron chi connectivity index (χ0n) is 10.6. The Labute approximate surface area is 102 Å². The summed E-state index contributed by atoms with van der Waals surface area (Å²) in [5.74, 6) is 1.13. The topological polar surface area (TPSA) is 61.7 Å². The van der Waals surface area contributed by atoms with Crippen molar-refractivity contribution in [2.45, 2.75) is 25.8 Å². The Bertz CT molecular complexity index is 349. The number of aliphatic hydroxyl groups excluding tert-OH is 2. The third kappa shape index (κ3) is 3.61. The smallest absolute Gasteiger partial charge is 0.141 e. The van der Waals surface area contributed by atoms with Gasteiger partial charge in [-0.3, -0.25) is 0 Å². The fourth-order valence-corrected chi connectivity index (χ4v) is 1.57. The number of anilines is 1. The van der Waals surface area contributed by atoms with E-state index in [1.165, 1.54) is 5.56 Å². The van der Waals surface area contributed by atoms with Crippen molar-refractivity contribution in [3.8, 4) is 5.75 Å². The van der Waals surface area contributed by atoms with Crippen LogP contribution in [0.15, 0.2) is 18.2 Å². The number of hydrogen-bond acceptors (Lipinski definition) is 4. The predicted molar refractivity (Wildman–Crippen MR) is 68.7 cm³/mol. The van der Waals surface area contributed by atoms with Crippen LogP contribution in [0.1, 0.15) is 25.3 Å². The van der Waals surface area contributed by atoms with Crippen molar-refractivity contribution in [3.05, 3.63) is 23.8 Å². The number of benzene rings is 1. The number of aliphatic hydroxyl groups is 2. The summed E-state index contributed by atoms with van der Waals surface area (Å²) < 4.78 is 5.24. The lowest BCUT2D eigenvalue weighted by molar-refractivity contribution is 0.203. The third-order valence-corrected chi connectivity index (χ3v) is 2.69. The van der Waals surface area contributed by atoms with Crippen LogP contribution in [0.3, 0.4) is 0 Å². The molecule has 0 radical (unpaired) electrons. The summed E-state index contributed by atoms with van der Waals surface area (Å²) in [6.07, 6.45) is 0. The summed E-state index contributed by atoms with van der Waals surface area (Å²) in [7, 11) is 1.60. The van der Waals surface area contributed by atoms with Crippen LogP contribution >= 0.6 is 0 Å². The van der Waals surface area contributed by atoms with Gasteiger partial charge < -0.3 is 20.3 Å². The maximum Gasteiger partial charge on any atom is 0.141 e. The van der Waals surface area contributed by atoms with Crippen molar-refractivity contribution >= 4 is 5.69 Å². The monoisotopic (exact) mass is 239 g/mol. The summed E-state index contributed by atoms with van der Waals surface area (Å²) >= 11 is 0. The zero-order chi connectivity index (χ0) is 12.8. The first-order valence-electron chi connectivity index (χ1n) is 5.78. The fourth-order valence-electron chi connectivity index (χ4n) is 1.57. The second kappa shape index (κ2) is 6.47. The molecule has 0 aliphatic heterocycles. The molecule has 0 bridgehead atoms. The minimum absolute atomic E-state index is 0.119. The summed E-state index contributed by atoms with van der Waals surface area (Å²) in [6, 6.07) is 5.53. The highest BCUT2D eigenvalue weighted by Crippen LogP contribution is 2.29. The first kappa shape index (κ1) is 13.8. The molecule has 0 heterocycles. The quantitative estimate of drug-likeness (QED) is 0.705. The van der Waals surface area contributed by atoms with E-state index >= 15 is 0 Å². The molecule has 0 aromatic heterocycles. The van der Waals surface area contributed by atoms with Crippen LogP contribution in [-0.4, -0.2) is 36.6 Å². The van der Waals surface area contributed by atoms with Gasteiger partial charge in [0.15, 0.2) is 0 Å². The Kier molecular flexibility index (Phi) is 5.25. The van der Waals surface area contributed by atoms with E-state index in [1.54, 1.807) is 7.11 Å². The van der Waals surface area contributed by atoms with Crippen molar-refractivity contribution in [1.82, 2.24) is 0 Å². The van der Waals surface area contributed by atoms with Gasteiger partial charge in [0.1, 0.15) is 5.75 Å². The second-order valence-electron chi connectivity index (χ2n) is 4.32. The van der Waals surface area contributed by atoms with Crippen LogP contribution in [0.25, 0.3) is 0 Å². The van der Waals surface area contributed by atoms with Gasteiger partial charge in [0.25, 0.3) is 0 Å². The van der Waals surface area contributed by atoms with E-state index in [0.29, 0.717) is 11.7 Å². The Hall–Kier alpha value is -1.26. The minimum Gasteiger partial charge on any atom is -0.495 e. The summed E-state index contributed by atoms with van der Waals surface area (Å²) in [5.41, 5.74) is 1.98. The Balaban J connectivity index is 2.97. The van der Waals surface area contributed by atoms with Crippen LogP contribution in [-0.2, 0) is 0 Å². The number of nitrogens with one attached hydrogen (secondary N) is 1. The zero-order valence-corrected chi connectivity index (χ0v) is 10.6. The molecule has 4 nitrogen and oxygen atoms in total. The average Bonchev–Trinajstić information content (AvgIpc) is 2.35. The molecule has 1 rings (SSSR count). The molecule has 3 N–H and O–H groups in total. The number of methoxy groups -OCH3 is 1. The molecule has 17 heavy (non-hydrogen) atoms. The molecule has 0 aliphatic carbocycles. The lowest BCUT2D eigenvalue weighted by Crippen LogP contribution is -2.27. The Morgan fingerprint density at radius 2 is 1.88 bits per heavy atom. The van der Waals surface area contributed by atoms with Crippen LogP contribution in [0.5, 0.6) is 5.75 Å². The van der Waals surface area contributed by atoms with Crippen LogP contribution in [0.4, 0.5) is 5.69 Å². The van der Waals surface area contributed by atoms with Gasteiger partial charge in [0.2, 0.25) is 0 Å². The lowest BCUT2D eigenvalue weighted by Gasteiger charge is -2.19. The molecule has 4 heteroatoms. The molecule has 1 aromatic carbocycles. The average molecular weight is 239 g/mol. The first-order valence-corrected chi connectivity index (χ1v) is 5.78. The number of hydrogen-bond donors (Lipinski definition) is 3. The van der Waals surface area contributed by atoms with Gasteiger partial charge in [0.05, 0.1) is 32.1 Å². The maximum atomic E-state index is 9.07. The molecule has 0 aliphatic rings. The standard InChI is InChI=1S/C13H21NO3/c1-9(2)10-4-5-13(17-3)12(6-10)14-11(7-15)8-16/h4-6,9,11,14-16H,7-8H2,1-3H3.